The van der Waals surface area contributed by atoms with Gasteiger partial charge in [-0.15, -0.1) is 0 Å². The fourth-order valence-corrected chi connectivity index (χ4v) is 1.22. The fourth-order valence-electron chi connectivity index (χ4n) is 1.22. The van der Waals surface area contributed by atoms with Gasteiger partial charge in [0.25, 0.3) is 5.69 Å². The summed E-state index contributed by atoms with van der Waals surface area (Å²) in [5.74, 6) is -0.151. The van der Waals surface area contributed by atoms with Gasteiger partial charge in [0, 0.05) is 25.8 Å². The smallest absolute Gasteiger partial charge is 0.289 e. The van der Waals surface area contributed by atoms with Crippen LogP contribution in [-0.4, -0.2) is 36.4 Å². The Kier molecular flexibility index (Phi) is 4.21. The number of benzene rings is 1. The molecule has 1 N–H and O–H groups in total. The summed E-state index contributed by atoms with van der Waals surface area (Å²) in [6, 6.07) is 5.85. The van der Waals surface area contributed by atoms with Gasteiger partial charge in [-0.05, 0) is 12.1 Å². The van der Waals surface area contributed by atoms with Crippen LogP contribution in [-0.2, 0) is 4.79 Å². The number of nitrogens with zero attached hydrogens (tertiary/aromatic N) is 3. The number of nitrogens with one attached hydrogen (secondary N) is 1. The topological polar surface area (TPSA) is 99.3 Å². The SMILES string of the molecule is CN(C)C(=O)CNc1ccc(C#N)c([N+](=O)[O-])c1. The number of carbonyl (C=O) groups excluding carboxylic acids is 1. The molecule has 7 heteroatoms. The maximum atomic E-state index is 11.3. The summed E-state index contributed by atoms with van der Waals surface area (Å²) in [6.07, 6.45) is 0. The van der Waals surface area contributed by atoms with E-state index in [1.165, 1.54) is 23.1 Å². The van der Waals surface area contributed by atoms with E-state index in [2.05, 4.69) is 5.32 Å². The van der Waals surface area contributed by atoms with E-state index in [0.29, 0.717) is 5.69 Å². The minimum absolute atomic E-state index is 0.00974. The highest BCUT2D eigenvalue weighted by molar-refractivity contribution is 5.80. The average molecular weight is 248 g/mol. The van der Waals surface area contributed by atoms with E-state index in [1.807, 2.05) is 0 Å². The molecule has 0 aliphatic rings. The maximum absolute atomic E-state index is 11.3. The Morgan fingerprint density at radius 3 is 2.72 bits per heavy atom. The van der Waals surface area contributed by atoms with Crippen LogP contribution in [0.25, 0.3) is 0 Å². The van der Waals surface area contributed by atoms with E-state index in [9.17, 15) is 14.9 Å². The number of nitriles is 1. The van der Waals surface area contributed by atoms with E-state index < -0.39 is 4.92 Å². The van der Waals surface area contributed by atoms with Crippen LogP contribution < -0.4 is 5.32 Å². The van der Waals surface area contributed by atoms with Crippen LogP contribution in [0, 0.1) is 21.4 Å². The van der Waals surface area contributed by atoms with Crippen LogP contribution in [0.5, 0.6) is 0 Å². The molecule has 1 aromatic carbocycles. The summed E-state index contributed by atoms with van der Waals surface area (Å²) in [4.78, 5) is 22.8. The molecule has 0 heterocycles. The molecular formula is C11H12N4O3. The zero-order chi connectivity index (χ0) is 13.7. The Hall–Kier alpha value is -2.62. The second-order valence-electron chi connectivity index (χ2n) is 3.74. The van der Waals surface area contributed by atoms with Gasteiger partial charge in [-0.2, -0.15) is 5.26 Å². The predicted molar refractivity (Wildman–Crippen MR) is 65.0 cm³/mol. The predicted octanol–water partition coefficient (Wildman–Crippen LogP) is 0.967. The van der Waals surface area contributed by atoms with Gasteiger partial charge in [-0.25, -0.2) is 0 Å². The Morgan fingerprint density at radius 2 is 2.22 bits per heavy atom. The van der Waals surface area contributed by atoms with Gasteiger partial charge in [0.05, 0.1) is 11.5 Å². The van der Waals surface area contributed by atoms with Crippen molar-refractivity contribution < 1.29 is 9.72 Å². The lowest BCUT2D eigenvalue weighted by atomic mass is 10.2. The van der Waals surface area contributed by atoms with Gasteiger partial charge in [0.15, 0.2) is 0 Å². The Labute approximate surface area is 104 Å². The van der Waals surface area contributed by atoms with Crippen molar-refractivity contribution in [3.8, 4) is 6.07 Å². The summed E-state index contributed by atoms with van der Waals surface area (Å²) >= 11 is 0. The molecule has 0 bridgehead atoms. The van der Waals surface area contributed by atoms with Crippen LogP contribution in [0.2, 0.25) is 0 Å². The van der Waals surface area contributed by atoms with Gasteiger partial charge < -0.3 is 10.2 Å². The van der Waals surface area contributed by atoms with Gasteiger partial charge in [0.1, 0.15) is 11.6 Å². The fraction of sp³-hybridized carbons (Fsp3) is 0.273. The summed E-state index contributed by atoms with van der Waals surface area (Å²) < 4.78 is 0. The first kappa shape index (κ1) is 13.4. The van der Waals surface area contributed by atoms with E-state index in [1.54, 1.807) is 20.2 Å². The van der Waals surface area contributed by atoms with Crippen LogP contribution >= 0.6 is 0 Å². The van der Waals surface area contributed by atoms with Crippen molar-refractivity contribution in [1.82, 2.24) is 4.90 Å². The molecule has 94 valence electrons. The normalized spacial score (nSPS) is 9.39. The number of carbonyl (C=O) groups is 1. The number of amides is 1. The number of nitro groups is 1. The van der Waals surface area contributed by atoms with Gasteiger partial charge in [-0.3, -0.25) is 14.9 Å². The van der Waals surface area contributed by atoms with Gasteiger partial charge in [-0.1, -0.05) is 0 Å². The van der Waals surface area contributed by atoms with Gasteiger partial charge in [0.2, 0.25) is 5.91 Å². The van der Waals surface area contributed by atoms with Crippen molar-refractivity contribution in [3.05, 3.63) is 33.9 Å². The average Bonchev–Trinajstić information content (AvgIpc) is 2.35. The maximum Gasteiger partial charge on any atom is 0.289 e. The summed E-state index contributed by atoms with van der Waals surface area (Å²) in [6.45, 7) is 0.0378. The minimum Gasteiger partial charge on any atom is -0.376 e. The highest BCUT2D eigenvalue weighted by atomic mass is 16.6. The number of anilines is 1. The van der Waals surface area contributed by atoms with E-state index >= 15 is 0 Å². The molecule has 0 aliphatic carbocycles. The molecule has 1 rings (SSSR count). The summed E-state index contributed by atoms with van der Waals surface area (Å²) in [7, 11) is 3.23. The third kappa shape index (κ3) is 3.18. The van der Waals surface area contributed by atoms with Crippen molar-refractivity contribution in [2.75, 3.05) is 26.0 Å². The largest absolute Gasteiger partial charge is 0.376 e. The van der Waals surface area contributed by atoms with Crippen molar-refractivity contribution in [2.24, 2.45) is 0 Å². The monoisotopic (exact) mass is 248 g/mol. The Morgan fingerprint density at radius 1 is 1.56 bits per heavy atom. The molecule has 0 saturated carbocycles. The molecule has 0 saturated heterocycles. The van der Waals surface area contributed by atoms with E-state index in [0.717, 1.165) is 0 Å². The molecule has 0 atom stereocenters. The second kappa shape index (κ2) is 5.63. The Bertz CT molecular complexity index is 520. The number of hydrogen-bond donors (Lipinski definition) is 1. The molecule has 0 fully saturated rings. The molecule has 1 aromatic rings. The zero-order valence-electron chi connectivity index (χ0n) is 10.0. The van der Waals surface area contributed by atoms with Crippen LogP contribution in [0.3, 0.4) is 0 Å². The molecule has 0 unspecified atom stereocenters. The van der Waals surface area contributed by atoms with E-state index in [-0.39, 0.29) is 23.7 Å². The lowest BCUT2D eigenvalue weighted by Gasteiger charge is -2.11. The highest BCUT2D eigenvalue weighted by Crippen LogP contribution is 2.22. The lowest BCUT2D eigenvalue weighted by molar-refractivity contribution is -0.385. The molecule has 1 amide bonds. The standard InChI is InChI=1S/C11H12N4O3/c1-14(2)11(16)7-13-9-4-3-8(6-12)10(5-9)15(17)18/h3-5,13H,7H2,1-2H3. The number of rotatable bonds is 4. The first-order chi connectivity index (χ1) is 8.45. The minimum atomic E-state index is -0.627. The quantitative estimate of drug-likeness (QED) is 0.632. The van der Waals surface area contributed by atoms with Crippen LogP contribution in [0.4, 0.5) is 11.4 Å². The number of likely N-dealkylation sites (N-methyl/N-ethyl adjacent to an activating group) is 1. The Balaban J connectivity index is 2.87. The lowest BCUT2D eigenvalue weighted by Crippen LogP contribution is -2.28. The number of nitro benzene ring substituents is 1. The van der Waals surface area contributed by atoms with Crippen molar-refractivity contribution in [1.29, 1.82) is 5.26 Å². The van der Waals surface area contributed by atoms with E-state index in [4.69, 9.17) is 5.26 Å². The molecule has 18 heavy (non-hydrogen) atoms. The molecule has 0 aromatic heterocycles. The molecule has 0 spiro atoms. The third-order valence-electron chi connectivity index (χ3n) is 2.26. The van der Waals surface area contributed by atoms with Crippen LogP contribution in [0.1, 0.15) is 5.56 Å². The van der Waals surface area contributed by atoms with Crippen molar-refractivity contribution >= 4 is 17.3 Å². The molecular weight excluding hydrogens is 236 g/mol. The first-order valence-electron chi connectivity index (χ1n) is 5.08. The van der Waals surface area contributed by atoms with Gasteiger partial charge >= 0.3 is 0 Å². The summed E-state index contributed by atoms with van der Waals surface area (Å²) in [5.41, 5.74) is 0.139. The first-order valence-corrected chi connectivity index (χ1v) is 5.08. The molecule has 0 aliphatic heterocycles. The van der Waals surface area contributed by atoms with Crippen molar-refractivity contribution in [3.63, 3.8) is 0 Å². The highest BCUT2D eigenvalue weighted by Gasteiger charge is 2.14. The number of hydrogen-bond acceptors (Lipinski definition) is 5. The molecule has 0 radical (unpaired) electrons. The third-order valence-corrected chi connectivity index (χ3v) is 2.26. The zero-order valence-corrected chi connectivity index (χ0v) is 10.0. The summed E-state index contributed by atoms with van der Waals surface area (Å²) in [5, 5.41) is 22.2. The second-order valence-corrected chi connectivity index (χ2v) is 3.74. The van der Waals surface area contributed by atoms with Crippen molar-refractivity contribution in [2.45, 2.75) is 0 Å². The molecule has 7 nitrogen and oxygen atoms in total. The van der Waals surface area contributed by atoms with Crippen LogP contribution in [0.15, 0.2) is 18.2 Å².